The second-order valence-electron chi connectivity index (χ2n) is 4.30. The van der Waals surface area contributed by atoms with Crippen LogP contribution in [-0.2, 0) is 13.0 Å². The number of carbonyl (C=O) groups excluding carboxylic acids is 1. The minimum atomic E-state index is -0.0401. The van der Waals surface area contributed by atoms with E-state index >= 15 is 0 Å². The monoisotopic (exact) mass is 274 g/mol. The number of Topliss-reactive ketones (excluding diaryl/α,β-unsaturated/α-hetero) is 1. The molecule has 2 rings (SSSR count). The Morgan fingerprint density at radius 3 is 2.75 bits per heavy atom. The topological polar surface area (TPSA) is 53.4 Å². The predicted octanol–water partition coefficient (Wildman–Crippen LogP) is 2.35. The van der Waals surface area contributed by atoms with Crippen molar-refractivity contribution >= 4 is 5.78 Å². The first kappa shape index (κ1) is 14.1. The van der Waals surface area contributed by atoms with Gasteiger partial charge >= 0.3 is 0 Å². The fourth-order valence-corrected chi connectivity index (χ4v) is 2.07. The first-order valence-electron chi connectivity index (χ1n) is 6.44. The van der Waals surface area contributed by atoms with Crippen LogP contribution >= 0.6 is 0 Å². The minimum Gasteiger partial charge on any atom is -0.497 e. The maximum absolute atomic E-state index is 12.4. The van der Waals surface area contributed by atoms with E-state index in [2.05, 4.69) is 4.98 Å². The number of imidazole rings is 1. The van der Waals surface area contributed by atoms with Crippen molar-refractivity contribution in [3.8, 4) is 11.5 Å². The lowest BCUT2D eigenvalue weighted by molar-refractivity contribution is 0.0986. The van der Waals surface area contributed by atoms with Crippen LogP contribution in [0.25, 0.3) is 0 Å². The Kier molecular flexibility index (Phi) is 4.40. The molecule has 1 heterocycles. The van der Waals surface area contributed by atoms with Crippen molar-refractivity contribution in [2.24, 2.45) is 0 Å². The molecule has 0 aliphatic rings. The van der Waals surface area contributed by atoms with Gasteiger partial charge in [0.15, 0.2) is 5.78 Å². The van der Waals surface area contributed by atoms with Crippen LogP contribution in [-0.4, -0.2) is 29.6 Å². The van der Waals surface area contributed by atoms with Crippen LogP contribution in [0, 0.1) is 0 Å². The molecular weight excluding hydrogens is 256 g/mol. The highest BCUT2D eigenvalue weighted by Crippen LogP contribution is 2.25. The van der Waals surface area contributed by atoms with Gasteiger partial charge < -0.3 is 14.0 Å². The molecule has 0 radical (unpaired) electrons. The van der Waals surface area contributed by atoms with Gasteiger partial charge in [-0.25, -0.2) is 4.98 Å². The minimum absolute atomic E-state index is 0.0401. The molecule has 0 saturated heterocycles. The number of ketones is 1. The normalized spacial score (nSPS) is 10.3. The third kappa shape index (κ3) is 2.82. The maximum atomic E-state index is 12.4. The molecule has 0 aliphatic heterocycles. The van der Waals surface area contributed by atoms with Crippen LogP contribution in [0.3, 0.4) is 0 Å². The van der Waals surface area contributed by atoms with Crippen LogP contribution in [0.5, 0.6) is 11.5 Å². The third-order valence-corrected chi connectivity index (χ3v) is 3.17. The van der Waals surface area contributed by atoms with E-state index in [1.807, 2.05) is 17.7 Å². The number of ether oxygens (including phenoxy) is 2. The largest absolute Gasteiger partial charge is 0.497 e. The smallest absolute Gasteiger partial charge is 0.174 e. The third-order valence-electron chi connectivity index (χ3n) is 3.17. The number of carbonyl (C=O) groups is 1. The Balaban J connectivity index is 2.28. The first-order chi connectivity index (χ1) is 9.69. The zero-order valence-electron chi connectivity index (χ0n) is 11.9. The molecule has 5 nitrogen and oxygen atoms in total. The van der Waals surface area contributed by atoms with Gasteiger partial charge in [0.1, 0.15) is 17.3 Å². The van der Waals surface area contributed by atoms with Gasteiger partial charge in [-0.2, -0.15) is 0 Å². The summed E-state index contributed by atoms with van der Waals surface area (Å²) in [5.41, 5.74) is 0.512. The summed E-state index contributed by atoms with van der Waals surface area (Å²) < 4.78 is 12.3. The number of rotatable bonds is 6. The maximum Gasteiger partial charge on any atom is 0.174 e. The average Bonchev–Trinajstić information content (AvgIpc) is 2.93. The molecule has 0 bridgehead atoms. The van der Waals surface area contributed by atoms with E-state index in [-0.39, 0.29) is 12.2 Å². The Morgan fingerprint density at radius 1 is 1.30 bits per heavy atom. The van der Waals surface area contributed by atoms with E-state index < -0.39 is 0 Å². The highest BCUT2D eigenvalue weighted by atomic mass is 16.5. The Bertz CT molecular complexity index is 605. The summed E-state index contributed by atoms with van der Waals surface area (Å²) in [4.78, 5) is 16.7. The molecule has 0 aliphatic carbocycles. The first-order valence-corrected chi connectivity index (χ1v) is 6.44. The lowest BCUT2D eigenvalue weighted by Gasteiger charge is -2.10. The van der Waals surface area contributed by atoms with Gasteiger partial charge in [0.05, 0.1) is 26.2 Å². The standard InChI is InChI=1S/C15H18N2O3/c1-4-17-8-7-16-15(17)10-13(18)12-9-11(19-2)5-6-14(12)20-3/h5-9H,4,10H2,1-3H3. The number of hydrogen-bond donors (Lipinski definition) is 0. The molecule has 0 amide bonds. The number of hydrogen-bond acceptors (Lipinski definition) is 4. The molecule has 2 aromatic rings. The van der Waals surface area contributed by atoms with Crippen LogP contribution < -0.4 is 9.47 Å². The highest BCUT2D eigenvalue weighted by Gasteiger charge is 2.16. The summed E-state index contributed by atoms with van der Waals surface area (Å²) >= 11 is 0. The lowest BCUT2D eigenvalue weighted by Crippen LogP contribution is -2.11. The summed E-state index contributed by atoms with van der Waals surface area (Å²) in [5, 5.41) is 0. The van der Waals surface area contributed by atoms with E-state index in [4.69, 9.17) is 9.47 Å². The van der Waals surface area contributed by atoms with E-state index in [0.29, 0.717) is 17.1 Å². The van der Waals surface area contributed by atoms with Crippen LogP contribution in [0.15, 0.2) is 30.6 Å². The molecule has 0 N–H and O–H groups in total. The molecule has 20 heavy (non-hydrogen) atoms. The molecule has 0 unspecified atom stereocenters. The van der Waals surface area contributed by atoms with Crippen LogP contribution in [0.4, 0.5) is 0 Å². The summed E-state index contributed by atoms with van der Waals surface area (Å²) in [7, 11) is 3.12. The molecule has 1 aromatic carbocycles. The van der Waals surface area contributed by atoms with E-state index in [1.54, 1.807) is 38.6 Å². The second kappa shape index (κ2) is 6.23. The molecule has 5 heteroatoms. The van der Waals surface area contributed by atoms with Crippen molar-refractivity contribution < 1.29 is 14.3 Å². The number of nitrogens with zero attached hydrogens (tertiary/aromatic N) is 2. The van der Waals surface area contributed by atoms with Gasteiger partial charge in [-0.05, 0) is 25.1 Å². The zero-order valence-corrected chi connectivity index (χ0v) is 11.9. The van der Waals surface area contributed by atoms with E-state index in [1.165, 1.54) is 0 Å². The van der Waals surface area contributed by atoms with Crippen molar-refractivity contribution in [1.82, 2.24) is 9.55 Å². The molecule has 0 spiro atoms. The fraction of sp³-hybridized carbons (Fsp3) is 0.333. The Morgan fingerprint density at radius 2 is 2.10 bits per heavy atom. The predicted molar refractivity (Wildman–Crippen MR) is 75.5 cm³/mol. The van der Waals surface area contributed by atoms with E-state index in [9.17, 15) is 4.79 Å². The second-order valence-corrected chi connectivity index (χ2v) is 4.30. The fourth-order valence-electron chi connectivity index (χ4n) is 2.07. The summed E-state index contributed by atoms with van der Waals surface area (Å²) in [6, 6.07) is 5.20. The van der Waals surface area contributed by atoms with Crippen LogP contribution in [0.2, 0.25) is 0 Å². The van der Waals surface area contributed by atoms with Gasteiger partial charge in [0, 0.05) is 18.9 Å². The SMILES string of the molecule is CCn1ccnc1CC(=O)c1cc(OC)ccc1OC. The molecule has 0 saturated carbocycles. The van der Waals surface area contributed by atoms with E-state index in [0.717, 1.165) is 12.4 Å². The van der Waals surface area contributed by atoms with Crippen molar-refractivity contribution in [2.45, 2.75) is 19.9 Å². The molecule has 0 atom stereocenters. The molecular formula is C15H18N2O3. The van der Waals surface area contributed by atoms with Gasteiger partial charge in [0.25, 0.3) is 0 Å². The van der Waals surface area contributed by atoms with Gasteiger partial charge in [-0.3, -0.25) is 4.79 Å². The molecule has 1 aromatic heterocycles. The lowest BCUT2D eigenvalue weighted by atomic mass is 10.1. The average molecular weight is 274 g/mol. The highest BCUT2D eigenvalue weighted by molar-refractivity contribution is 6.00. The number of aryl methyl sites for hydroxylation is 1. The quantitative estimate of drug-likeness (QED) is 0.759. The molecule has 0 fully saturated rings. The van der Waals surface area contributed by atoms with Crippen molar-refractivity contribution in [1.29, 1.82) is 0 Å². The van der Waals surface area contributed by atoms with Crippen molar-refractivity contribution in [2.75, 3.05) is 14.2 Å². The number of methoxy groups -OCH3 is 2. The zero-order chi connectivity index (χ0) is 14.5. The Hall–Kier alpha value is -2.30. The van der Waals surface area contributed by atoms with Crippen molar-refractivity contribution in [3.63, 3.8) is 0 Å². The summed E-state index contributed by atoms with van der Waals surface area (Å²) in [6.07, 6.45) is 3.81. The summed E-state index contributed by atoms with van der Waals surface area (Å²) in [5.74, 6) is 1.89. The number of aromatic nitrogens is 2. The number of benzene rings is 1. The van der Waals surface area contributed by atoms with Crippen molar-refractivity contribution in [3.05, 3.63) is 42.0 Å². The van der Waals surface area contributed by atoms with Gasteiger partial charge in [-0.15, -0.1) is 0 Å². The van der Waals surface area contributed by atoms with Gasteiger partial charge in [0.2, 0.25) is 0 Å². The van der Waals surface area contributed by atoms with Crippen LogP contribution in [0.1, 0.15) is 23.1 Å². The summed E-state index contributed by atoms with van der Waals surface area (Å²) in [6.45, 7) is 2.81. The van der Waals surface area contributed by atoms with Gasteiger partial charge in [-0.1, -0.05) is 0 Å². The molecule has 106 valence electrons. The Labute approximate surface area is 118 Å².